The van der Waals surface area contributed by atoms with Crippen molar-refractivity contribution in [1.29, 1.82) is 0 Å². The molecule has 4 heterocycles. The van der Waals surface area contributed by atoms with Crippen molar-refractivity contribution in [3.05, 3.63) is 0 Å². The molecule has 0 bridgehead atoms. The third-order valence-electron chi connectivity index (χ3n) is 6.01. The molecule has 0 radical (unpaired) electrons. The van der Waals surface area contributed by atoms with Crippen LogP contribution in [0.5, 0.6) is 0 Å². The Hall–Kier alpha value is 0.190. The van der Waals surface area contributed by atoms with Gasteiger partial charge in [-0.05, 0) is 37.2 Å². The first-order chi connectivity index (χ1) is 10.3. The third kappa shape index (κ3) is 3.13. The van der Waals surface area contributed by atoms with Gasteiger partial charge in [0, 0.05) is 58.0 Å². The summed E-state index contributed by atoms with van der Waals surface area (Å²) in [5.41, 5.74) is 0.239. The van der Waals surface area contributed by atoms with Gasteiger partial charge >= 0.3 is 0 Å². The van der Waals surface area contributed by atoms with Crippen molar-refractivity contribution in [2.75, 3.05) is 57.4 Å². The summed E-state index contributed by atoms with van der Waals surface area (Å²) < 4.78 is 6.25. The van der Waals surface area contributed by atoms with Crippen LogP contribution in [0.15, 0.2) is 0 Å². The second kappa shape index (κ2) is 6.36. The van der Waals surface area contributed by atoms with Crippen LogP contribution >= 0.6 is 11.8 Å². The average molecular weight is 311 g/mol. The van der Waals surface area contributed by atoms with E-state index >= 15 is 0 Å². The SMILES string of the molecule is C1CC(N2CCN(C3CNC3)CC2)CC2(CCSCC2)O1. The molecule has 4 rings (SSSR count). The van der Waals surface area contributed by atoms with Gasteiger partial charge in [0.05, 0.1) is 5.60 Å². The largest absolute Gasteiger partial charge is 0.375 e. The molecule has 21 heavy (non-hydrogen) atoms. The molecule has 0 amide bonds. The Labute approximate surface area is 132 Å². The topological polar surface area (TPSA) is 27.7 Å². The highest BCUT2D eigenvalue weighted by atomic mass is 32.2. The molecule has 4 fully saturated rings. The van der Waals surface area contributed by atoms with E-state index in [-0.39, 0.29) is 5.60 Å². The molecule has 1 unspecified atom stereocenters. The third-order valence-corrected chi connectivity index (χ3v) is 7.00. The fraction of sp³-hybridized carbons (Fsp3) is 1.00. The zero-order valence-electron chi connectivity index (χ0n) is 13.1. The lowest BCUT2D eigenvalue weighted by Gasteiger charge is -2.49. The van der Waals surface area contributed by atoms with Gasteiger partial charge in [-0.3, -0.25) is 9.80 Å². The van der Waals surface area contributed by atoms with E-state index < -0.39 is 0 Å². The summed E-state index contributed by atoms with van der Waals surface area (Å²) in [6.45, 7) is 8.48. The van der Waals surface area contributed by atoms with Gasteiger partial charge < -0.3 is 10.1 Å². The van der Waals surface area contributed by atoms with Crippen molar-refractivity contribution in [2.45, 2.75) is 43.4 Å². The van der Waals surface area contributed by atoms with Gasteiger partial charge in [0.15, 0.2) is 0 Å². The van der Waals surface area contributed by atoms with Gasteiger partial charge in [-0.2, -0.15) is 11.8 Å². The zero-order chi connectivity index (χ0) is 14.1. The molecular formula is C16H29N3OS. The highest BCUT2D eigenvalue weighted by Gasteiger charge is 2.41. The first kappa shape index (κ1) is 14.8. The maximum atomic E-state index is 6.25. The minimum atomic E-state index is 0.239. The average Bonchev–Trinajstić information content (AvgIpc) is 2.47. The summed E-state index contributed by atoms with van der Waals surface area (Å²) in [7, 11) is 0. The van der Waals surface area contributed by atoms with E-state index in [1.165, 1.54) is 76.5 Å². The zero-order valence-corrected chi connectivity index (χ0v) is 13.9. The number of thioether (sulfide) groups is 1. The highest BCUT2D eigenvalue weighted by Crippen LogP contribution is 2.39. The predicted molar refractivity (Wildman–Crippen MR) is 88.1 cm³/mol. The molecule has 0 aromatic heterocycles. The van der Waals surface area contributed by atoms with Gasteiger partial charge in [0.1, 0.15) is 0 Å². The van der Waals surface area contributed by atoms with E-state index in [1.54, 1.807) is 0 Å². The quantitative estimate of drug-likeness (QED) is 0.822. The van der Waals surface area contributed by atoms with Crippen LogP contribution < -0.4 is 5.32 Å². The van der Waals surface area contributed by atoms with E-state index in [9.17, 15) is 0 Å². The maximum absolute atomic E-state index is 6.25. The second-order valence-corrected chi connectivity index (χ2v) is 8.40. The van der Waals surface area contributed by atoms with Crippen LogP contribution in [0.2, 0.25) is 0 Å². The van der Waals surface area contributed by atoms with Crippen molar-refractivity contribution in [2.24, 2.45) is 0 Å². The summed E-state index contributed by atoms with van der Waals surface area (Å²) in [6, 6.07) is 1.60. The standard InChI is InChI=1S/C16H29N3OS/c1-8-20-16(2-9-21-10-3-16)11-14(1)18-4-6-19(7-5-18)15-12-17-13-15/h14-15,17H,1-13H2. The van der Waals surface area contributed by atoms with Gasteiger partial charge in [-0.15, -0.1) is 0 Å². The molecule has 1 atom stereocenters. The number of hydrogen-bond acceptors (Lipinski definition) is 5. The van der Waals surface area contributed by atoms with Crippen LogP contribution in [-0.4, -0.2) is 84.9 Å². The molecule has 0 aromatic carbocycles. The molecule has 1 N–H and O–H groups in total. The van der Waals surface area contributed by atoms with E-state index in [4.69, 9.17) is 4.74 Å². The van der Waals surface area contributed by atoms with Gasteiger partial charge in [-0.1, -0.05) is 0 Å². The van der Waals surface area contributed by atoms with Crippen molar-refractivity contribution in [3.8, 4) is 0 Å². The summed E-state index contributed by atoms with van der Waals surface area (Å²) in [5.74, 6) is 2.60. The number of rotatable bonds is 2. The van der Waals surface area contributed by atoms with Gasteiger partial charge in [0.25, 0.3) is 0 Å². The van der Waals surface area contributed by atoms with Crippen molar-refractivity contribution < 1.29 is 4.74 Å². The number of ether oxygens (including phenoxy) is 1. The number of piperazine rings is 1. The Kier molecular flexibility index (Phi) is 4.47. The molecule has 4 aliphatic rings. The molecule has 4 saturated heterocycles. The van der Waals surface area contributed by atoms with Crippen LogP contribution in [-0.2, 0) is 4.74 Å². The van der Waals surface area contributed by atoms with Gasteiger partial charge in [-0.25, -0.2) is 0 Å². The number of hydrogen-bond donors (Lipinski definition) is 1. The molecular weight excluding hydrogens is 282 g/mol. The molecule has 0 aliphatic carbocycles. The Balaban J connectivity index is 1.31. The molecule has 4 nitrogen and oxygen atoms in total. The number of nitrogens with one attached hydrogen (secondary N) is 1. The Morgan fingerprint density at radius 1 is 0.952 bits per heavy atom. The van der Waals surface area contributed by atoms with Crippen molar-refractivity contribution in [3.63, 3.8) is 0 Å². The minimum absolute atomic E-state index is 0.239. The van der Waals surface area contributed by atoms with E-state index in [0.717, 1.165) is 18.7 Å². The Bertz CT molecular complexity index is 344. The van der Waals surface area contributed by atoms with Crippen LogP contribution in [0.25, 0.3) is 0 Å². The van der Waals surface area contributed by atoms with E-state index in [0.29, 0.717) is 0 Å². The maximum Gasteiger partial charge on any atom is 0.0713 e. The van der Waals surface area contributed by atoms with E-state index in [1.807, 2.05) is 0 Å². The lowest BCUT2D eigenvalue weighted by Crippen LogP contribution is -2.63. The molecule has 120 valence electrons. The Morgan fingerprint density at radius 3 is 2.24 bits per heavy atom. The minimum Gasteiger partial charge on any atom is -0.375 e. The summed E-state index contributed by atoms with van der Waals surface area (Å²) in [4.78, 5) is 5.47. The van der Waals surface area contributed by atoms with Crippen LogP contribution in [0.1, 0.15) is 25.7 Å². The van der Waals surface area contributed by atoms with Crippen molar-refractivity contribution in [1.82, 2.24) is 15.1 Å². The lowest BCUT2D eigenvalue weighted by atomic mass is 9.84. The highest BCUT2D eigenvalue weighted by molar-refractivity contribution is 7.99. The molecule has 4 aliphatic heterocycles. The summed E-state index contributed by atoms with van der Waals surface area (Å²) in [5, 5.41) is 3.40. The molecule has 0 saturated carbocycles. The molecule has 0 aromatic rings. The van der Waals surface area contributed by atoms with Crippen LogP contribution in [0, 0.1) is 0 Å². The van der Waals surface area contributed by atoms with Crippen molar-refractivity contribution >= 4 is 11.8 Å². The Morgan fingerprint density at radius 2 is 1.62 bits per heavy atom. The summed E-state index contributed by atoms with van der Waals surface area (Å²) in [6.07, 6.45) is 5.10. The fourth-order valence-electron chi connectivity index (χ4n) is 4.40. The lowest BCUT2D eigenvalue weighted by molar-refractivity contribution is -0.115. The summed E-state index contributed by atoms with van der Waals surface area (Å²) >= 11 is 2.11. The normalized spacial score (nSPS) is 35.7. The molecule has 1 spiro atoms. The number of nitrogens with zero attached hydrogens (tertiary/aromatic N) is 2. The first-order valence-electron chi connectivity index (χ1n) is 8.75. The molecule has 5 heteroatoms. The van der Waals surface area contributed by atoms with E-state index in [2.05, 4.69) is 26.9 Å². The van der Waals surface area contributed by atoms with Gasteiger partial charge in [0.2, 0.25) is 0 Å². The van der Waals surface area contributed by atoms with Crippen LogP contribution in [0.3, 0.4) is 0 Å². The first-order valence-corrected chi connectivity index (χ1v) is 9.91. The smallest absolute Gasteiger partial charge is 0.0713 e. The fourth-order valence-corrected chi connectivity index (χ4v) is 5.64. The monoisotopic (exact) mass is 311 g/mol. The predicted octanol–water partition coefficient (Wildman–Crippen LogP) is 1.02. The second-order valence-electron chi connectivity index (χ2n) is 7.17. The van der Waals surface area contributed by atoms with Crippen LogP contribution in [0.4, 0.5) is 0 Å².